The van der Waals surface area contributed by atoms with E-state index in [-0.39, 0.29) is 23.5 Å². The number of fused-ring (bicyclic) bond motifs is 2. The van der Waals surface area contributed by atoms with Gasteiger partial charge in [-0.1, -0.05) is 36.8 Å². The van der Waals surface area contributed by atoms with Crippen LogP contribution < -0.4 is 5.32 Å². The first kappa shape index (κ1) is 20.3. The van der Waals surface area contributed by atoms with E-state index in [4.69, 9.17) is 4.74 Å². The van der Waals surface area contributed by atoms with Crippen LogP contribution in [0.4, 0.5) is 10.1 Å². The largest absolute Gasteiger partial charge is 0.447 e. The highest BCUT2D eigenvalue weighted by Gasteiger charge is 2.42. The molecule has 2 aromatic rings. The summed E-state index contributed by atoms with van der Waals surface area (Å²) in [4.78, 5) is 38.2. The minimum absolute atomic E-state index is 0.0710. The zero-order chi connectivity index (χ0) is 21.1. The first-order chi connectivity index (χ1) is 14.5. The van der Waals surface area contributed by atoms with Gasteiger partial charge in [0.25, 0.3) is 5.91 Å². The number of nitrogens with one attached hydrogen (secondary N) is 1. The molecule has 2 saturated carbocycles. The maximum Gasteiger partial charge on any atom is 0.310 e. The highest BCUT2D eigenvalue weighted by atomic mass is 19.1. The van der Waals surface area contributed by atoms with Crippen LogP contribution in [0.3, 0.4) is 0 Å². The number of esters is 1. The van der Waals surface area contributed by atoms with Gasteiger partial charge in [0.1, 0.15) is 11.6 Å². The summed E-state index contributed by atoms with van der Waals surface area (Å²) in [6, 6.07) is 14.2. The molecule has 0 radical (unpaired) electrons. The van der Waals surface area contributed by atoms with Gasteiger partial charge in [-0.3, -0.25) is 14.4 Å². The lowest BCUT2D eigenvalue weighted by Crippen LogP contribution is -2.40. The average molecular weight is 409 g/mol. The predicted molar refractivity (Wildman–Crippen MR) is 109 cm³/mol. The molecule has 2 fully saturated rings. The van der Waals surface area contributed by atoms with E-state index in [1.807, 2.05) is 6.07 Å². The lowest BCUT2D eigenvalue weighted by atomic mass is 9.67. The Kier molecular flexibility index (Phi) is 5.93. The first-order valence-corrected chi connectivity index (χ1v) is 10.4. The molecule has 2 aliphatic carbocycles. The second-order valence-electron chi connectivity index (χ2n) is 8.12. The summed E-state index contributed by atoms with van der Waals surface area (Å²) in [6.45, 7) is 0. The first-order valence-electron chi connectivity index (χ1n) is 10.4. The standard InChI is InChI=1S/C24H24FNO4/c25-19-9-11-20(12-10-19)26-23(28)22(15-5-2-1-3-6-15)30-24(29)18-13-16-7-4-8-17(14-18)21(16)27/h1-3,5-6,9-12,16-18,22H,4,7-8,13-14H2,(H,26,28). The Hall–Kier alpha value is -3.02. The van der Waals surface area contributed by atoms with Crippen molar-refractivity contribution >= 4 is 23.3 Å². The molecule has 0 heterocycles. The second-order valence-corrected chi connectivity index (χ2v) is 8.12. The second kappa shape index (κ2) is 8.78. The summed E-state index contributed by atoms with van der Waals surface area (Å²) in [5.74, 6) is -1.59. The summed E-state index contributed by atoms with van der Waals surface area (Å²) >= 11 is 0. The van der Waals surface area contributed by atoms with E-state index in [0.29, 0.717) is 24.1 Å². The Bertz CT molecular complexity index is 912. The van der Waals surface area contributed by atoms with E-state index in [1.165, 1.54) is 24.3 Å². The smallest absolute Gasteiger partial charge is 0.310 e. The number of carbonyl (C=O) groups is 3. The Morgan fingerprint density at radius 3 is 2.23 bits per heavy atom. The number of hydrogen-bond donors (Lipinski definition) is 1. The molecule has 0 saturated heterocycles. The highest BCUT2D eigenvalue weighted by molar-refractivity contribution is 5.96. The number of anilines is 1. The third-order valence-electron chi connectivity index (χ3n) is 6.07. The van der Waals surface area contributed by atoms with Crippen LogP contribution >= 0.6 is 0 Å². The van der Waals surface area contributed by atoms with Crippen LogP contribution in [0.15, 0.2) is 54.6 Å². The topological polar surface area (TPSA) is 72.5 Å². The fourth-order valence-electron chi connectivity index (χ4n) is 4.53. The van der Waals surface area contributed by atoms with Gasteiger partial charge in [-0.2, -0.15) is 0 Å². The molecule has 156 valence electrons. The van der Waals surface area contributed by atoms with Gasteiger partial charge < -0.3 is 10.1 Å². The number of halogens is 1. The molecule has 5 nitrogen and oxygen atoms in total. The molecule has 1 N–H and O–H groups in total. The minimum Gasteiger partial charge on any atom is -0.447 e. The van der Waals surface area contributed by atoms with Crippen LogP contribution in [0, 0.1) is 23.6 Å². The maximum atomic E-state index is 13.1. The summed E-state index contributed by atoms with van der Waals surface area (Å²) in [6.07, 6.45) is 2.54. The third kappa shape index (κ3) is 4.42. The molecule has 0 aliphatic heterocycles. The number of ketones is 1. The van der Waals surface area contributed by atoms with Gasteiger partial charge in [-0.25, -0.2) is 4.39 Å². The molecule has 2 aromatic carbocycles. The Labute approximate surface area is 174 Å². The van der Waals surface area contributed by atoms with Crippen LogP contribution in [0.2, 0.25) is 0 Å². The number of rotatable bonds is 5. The average Bonchev–Trinajstić information content (AvgIpc) is 2.74. The molecule has 3 atom stereocenters. The minimum atomic E-state index is -1.12. The van der Waals surface area contributed by atoms with Crippen molar-refractivity contribution in [2.75, 3.05) is 5.32 Å². The van der Waals surface area contributed by atoms with Crippen LogP contribution in [0.25, 0.3) is 0 Å². The summed E-state index contributed by atoms with van der Waals surface area (Å²) in [5, 5.41) is 2.69. The fraction of sp³-hybridized carbons (Fsp3) is 0.375. The van der Waals surface area contributed by atoms with Crippen LogP contribution in [0.1, 0.15) is 43.8 Å². The summed E-state index contributed by atoms with van der Waals surface area (Å²) < 4.78 is 18.8. The fourth-order valence-corrected chi connectivity index (χ4v) is 4.53. The van der Waals surface area contributed by atoms with Crippen molar-refractivity contribution < 1.29 is 23.5 Å². The Morgan fingerprint density at radius 2 is 1.60 bits per heavy atom. The Balaban J connectivity index is 1.50. The van der Waals surface area contributed by atoms with Crippen molar-refractivity contribution in [3.05, 3.63) is 66.0 Å². The van der Waals surface area contributed by atoms with E-state index < -0.39 is 23.8 Å². The number of benzene rings is 2. The summed E-state index contributed by atoms with van der Waals surface area (Å²) in [5.41, 5.74) is 0.966. The third-order valence-corrected chi connectivity index (χ3v) is 6.07. The van der Waals surface area contributed by atoms with Gasteiger partial charge in [0, 0.05) is 23.1 Å². The summed E-state index contributed by atoms with van der Waals surface area (Å²) in [7, 11) is 0. The van der Waals surface area contributed by atoms with Crippen LogP contribution in [0.5, 0.6) is 0 Å². The number of amides is 1. The van der Waals surface area contributed by atoms with E-state index >= 15 is 0 Å². The molecule has 2 aliphatic rings. The van der Waals surface area contributed by atoms with Crippen molar-refractivity contribution in [1.82, 2.24) is 0 Å². The maximum absolute atomic E-state index is 13.1. The molecule has 3 unspecified atom stereocenters. The molecule has 6 heteroatoms. The Morgan fingerprint density at radius 1 is 0.967 bits per heavy atom. The number of carbonyl (C=O) groups excluding carboxylic acids is 3. The molecular formula is C24H24FNO4. The van der Waals surface area contributed by atoms with Gasteiger partial charge in [-0.15, -0.1) is 0 Å². The molecule has 0 aromatic heterocycles. The zero-order valence-corrected chi connectivity index (χ0v) is 16.6. The predicted octanol–water partition coefficient (Wildman–Crippen LogP) is 4.44. The molecule has 2 bridgehead atoms. The number of Topliss-reactive ketones (excluding diaryl/α,β-unsaturated/α-hetero) is 1. The van der Waals surface area contributed by atoms with Crippen molar-refractivity contribution in [1.29, 1.82) is 0 Å². The molecule has 0 spiro atoms. The van der Waals surface area contributed by atoms with Crippen molar-refractivity contribution in [3.63, 3.8) is 0 Å². The van der Waals surface area contributed by atoms with Gasteiger partial charge in [0.15, 0.2) is 0 Å². The van der Waals surface area contributed by atoms with Gasteiger partial charge in [0.2, 0.25) is 6.10 Å². The van der Waals surface area contributed by atoms with Crippen molar-refractivity contribution in [3.8, 4) is 0 Å². The number of ether oxygens (including phenoxy) is 1. The monoisotopic (exact) mass is 409 g/mol. The van der Waals surface area contributed by atoms with Gasteiger partial charge in [0.05, 0.1) is 5.92 Å². The normalized spacial score (nSPS) is 24.0. The van der Waals surface area contributed by atoms with Gasteiger partial charge in [-0.05, 0) is 49.9 Å². The molecule has 1 amide bonds. The highest BCUT2D eigenvalue weighted by Crippen LogP contribution is 2.41. The van der Waals surface area contributed by atoms with Crippen LogP contribution in [-0.2, 0) is 19.1 Å². The van der Waals surface area contributed by atoms with Gasteiger partial charge >= 0.3 is 5.97 Å². The molecule has 30 heavy (non-hydrogen) atoms. The lowest BCUT2D eigenvalue weighted by molar-refractivity contribution is -0.162. The van der Waals surface area contributed by atoms with Crippen molar-refractivity contribution in [2.45, 2.75) is 38.2 Å². The molecular weight excluding hydrogens is 385 g/mol. The zero-order valence-electron chi connectivity index (χ0n) is 16.6. The lowest BCUT2D eigenvalue weighted by Gasteiger charge is -2.36. The van der Waals surface area contributed by atoms with E-state index in [0.717, 1.165) is 19.3 Å². The van der Waals surface area contributed by atoms with Crippen LogP contribution in [-0.4, -0.2) is 17.7 Å². The van der Waals surface area contributed by atoms with Crippen molar-refractivity contribution in [2.24, 2.45) is 17.8 Å². The SMILES string of the molecule is O=C(OC(C(=O)Nc1ccc(F)cc1)c1ccccc1)C1CC2CCCC(C1)C2=O. The van der Waals surface area contributed by atoms with E-state index in [2.05, 4.69) is 5.32 Å². The molecule has 4 rings (SSSR count). The quantitative estimate of drug-likeness (QED) is 0.741. The number of hydrogen-bond acceptors (Lipinski definition) is 4. The van der Waals surface area contributed by atoms with E-state index in [9.17, 15) is 18.8 Å². The van der Waals surface area contributed by atoms with E-state index in [1.54, 1.807) is 24.3 Å².